The molecule has 1 heterocycles. The van der Waals surface area contributed by atoms with Crippen LogP contribution in [0.25, 0.3) is 0 Å². The Hall–Kier alpha value is -1.14. The van der Waals surface area contributed by atoms with E-state index in [0.717, 1.165) is 0 Å². The van der Waals surface area contributed by atoms with Crippen molar-refractivity contribution in [2.75, 3.05) is 26.9 Å². The number of ether oxygens (including phenoxy) is 2. The molecule has 2 unspecified atom stereocenters. The molecule has 0 radical (unpaired) electrons. The highest BCUT2D eigenvalue weighted by atomic mass is 16.5. The minimum atomic E-state index is -0.661. The van der Waals surface area contributed by atoms with Crippen molar-refractivity contribution in [2.24, 2.45) is 11.1 Å². The molecule has 1 saturated heterocycles. The summed E-state index contributed by atoms with van der Waals surface area (Å²) in [6, 6.07) is -0.275. The topological polar surface area (TPSA) is 90.6 Å². The van der Waals surface area contributed by atoms with Crippen LogP contribution in [-0.4, -0.2) is 44.8 Å². The van der Waals surface area contributed by atoms with Crippen molar-refractivity contribution in [1.82, 2.24) is 5.32 Å². The molecule has 0 aromatic rings. The van der Waals surface area contributed by atoms with Crippen molar-refractivity contribution in [1.29, 1.82) is 0 Å². The molecular formula is C11H20N2O4. The molecule has 3 N–H and O–H groups in total. The van der Waals surface area contributed by atoms with Crippen molar-refractivity contribution < 1.29 is 19.1 Å². The first kappa shape index (κ1) is 13.9. The van der Waals surface area contributed by atoms with E-state index in [4.69, 9.17) is 10.5 Å². The Morgan fingerprint density at radius 2 is 2.29 bits per heavy atom. The Morgan fingerprint density at radius 1 is 1.59 bits per heavy atom. The molecule has 6 nitrogen and oxygen atoms in total. The fourth-order valence-electron chi connectivity index (χ4n) is 1.66. The molecule has 1 amide bonds. The molecule has 0 bridgehead atoms. The maximum Gasteiger partial charge on any atom is 0.305 e. The number of methoxy groups -OCH3 is 1. The molecule has 1 aliphatic rings. The summed E-state index contributed by atoms with van der Waals surface area (Å²) in [5, 5.41) is 2.77. The molecule has 0 saturated carbocycles. The minimum absolute atomic E-state index is 0.118. The average molecular weight is 244 g/mol. The quantitative estimate of drug-likeness (QED) is 0.499. The van der Waals surface area contributed by atoms with Crippen LogP contribution in [0, 0.1) is 5.41 Å². The second-order valence-corrected chi connectivity index (χ2v) is 4.47. The number of amides is 1. The molecule has 0 aromatic heterocycles. The SMILES string of the molecule is COC(=O)CCCNC(=O)C1(C)COCC1N. The van der Waals surface area contributed by atoms with Gasteiger partial charge in [0.05, 0.1) is 25.7 Å². The van der Waals surface area contributed by atoms with Gasteiger partial charge in [0.1, 0.15) is 0 Å². The van der Waals surface area contributed by atoms with Crippen LogP contribution in [0.1, 0.15) is 19.8 Å². The Morgan fingerprint density at radius 3 is 2.82 bits per heavy atom. The zero-order chi connectivity index (χ0) is 12.9. The molecule has 0 aliphatic carbocycles. The van der Waals surface area contributed by atoms with Gasteiger partial charge in [0.25, 0.3) is 0 Å². The number of nitrogens with one attached hydrogen (secondary N) is 1. The van der Waals surface area contributed by atoms with Gasteiger partial charge in [0.2, 0.25) is 5.91 Å². The first-order valence-electron chi connectivity index (χ1n) is 5.69. The van der Waals surface area contributed by atoms with Gasteiger partial charge >= 0.3 is 5.97 Å². The second-order valence-electron chi connectivity index (χ2n) is 4.47. The summed E-state index contributed by atoms with van der Waals surface area (Å²) in [5.41, 5.74) is 5.17. The largest absolute Gasteiger partial charge is 0.469 e. The van der Waals surface area contributed by atoms with Gasteiger partial charge in [0.15, 0.2) is 0 Å². The maximum absolute atomic E-state index is 11.9. The van der Waals surface area contributed by atoms with Gasteiger partial charge in [0, 0.05) is 19.0 Å². The van der Waals surface area contributed by atoms with Gasteiger partial charge in [-0.15, -0.1) is 0 Å². The number of nitrogens with two attached hydrogens (primary N) is 1. The predicted octanol–water partition coefficient (Wildman–Crippen LogP) is -0.580. The third kappa shape index (κ3) is 3.41. The van der Waals surface area contributed by atoms with Crippen molar-refractivity contribution in [2.45, 2.75) is 25.8 Å². The van der Waals surface area contributed by atoms with E-state index >= 15 is 0 Å². The summed E-state index contributed by atoms with van der Waals surface area (Å²) in [6.45, 7) is 2.99. The summed E-state index contributed by atoms with van der Waals surface area (Å²) >= 11 is 0. The number of hydrogen-bond acceptors (Lipinski definition) is 5. The number of carbonyl (C=O) groups excluding carboxylic acids is 2. The molecule has 17 heavy (non-hydrogen) atoms. The monoisotopic (exact) mass is 244 g/mol. The highest BCUT2D eigenvalue weighted by Gasteiger charge is 2.44. The lowest BCUT2D eigenvalue weighted by molar-refractivity contribution is -0.141. The van der Waals surface area contributed by atoms with Crippen LogP contribution in [0.15, 0.2) is 0 Å². The van der Waals surface area contributed by atoms with Crippen molar-refractivity contribution >= 4 is 11.9 Å². The van der Waals surface area contributed by atoms with E-state index in [2.05, 4.69) is 10.1 Å². The smallest absolute Gasteiger partial charge is 0.305 e. The molecular weight excluding hydrogens is 224 g/mol. The van der Waals surface area contributed by atoms with Crippen LogP contribution < -0.4 is 11.1 Å². The summed E-state index contributed by atoms with van der Waals surface area (Å²) < 4.78 is 9.70. The van der Waals surface area contributed by atoms with E-state index in [1.807, 2.05) is 0 Å². The lowest BCUT2D eigenvalue weighted by atomic mass is 9.85. The highest BCUT2D eigenvalue weighted by Crippen LogP contribution is 2.26. The van der Waals surface area contributed by atoms with Gasteiger partial charge < -0.3 is 20.5 Å². The maximum atomic E-state index is 11.9. The molecule has 0 spiro atoms. The lowest BCUT2D eigenvalue weighted by Gasteiger charge is -2.25. The number of hydrogen-bond donors (Lipinski definition) is 2. The van der Waals surface area contributed by atoms with E-state index in [9.17, 15) is 9.59 Å². The summed E-state index contributed by atoms with van der Waals surface area (Å²) in [7, 11) is 1.34. The third-order valence-electron chi connectivity index (χ3n) is 3.11. The van der Waals surface area contributed by atoms with Crippen LogP contribution in [0.3, 0.4) is 0 Å². The van der Waals surface area contributed by atoms with Crippen LogP contribution in [0.5, 0.6) is 0 Å². The standard InChI is InChI=1S/C11H20N2O4/c1-11(7-17-6-8(11)12)10(15)13-5-3-4-9(14)16-2/h8H,3-7,12H2,1-2H3,(H,13,15). The van der Waals surface area contributed by atoms with Crippen LogP contribution in [0.4, 0.5) is 0 Å². The van der Waals surface area contributed by atoms with E-state index in [1.54, 1.807) is 6.92 Å². The zero-order valence-electron chi connectivity index (χ0n) is 10.3. The summed E-state index contributed by atoms with van der Waals surface area (Å²) in [4.78, 5) is 22.8. The van der Waals surface area contributed by atoms with Gasteiger partial charge in [-0.3, -0.25) is 9.59 Å². The summed E-state index contributed by atoms with van der Waals surface area (Å²) in [6.07, 6.45) is 0.862. The molecule has 1 fully saturated rings. The van der Waals surface area contributed by atoms with E-state index in [0.29, 0.717) is 32.6 Å². The van der Waals surface area contributed by atoms with Crippen molar-refractivity contribution in [3.63, 3.8) is 0 Å². The minimum Gasteiger partial charge on any atom is -0.469 e. The third-order valence-corrected chi connectivity index (χ3v) is 3.11. The fraction of sp³-hybridized carbons (Fsp3) is 0.818. The molecule has 1 rings (SSSR count). The first-order valence-corrected chi connectivity index (χ1v) is 5.69. The average Bonchev–Trinajstić information content (AvgIpc) is 2.65. The molecule has 1 aliphatic heterocycles. The summed E-state index contributed by atoms with van der Waals surface area (Å²) in [5.74, 6) is -0.390. The van der Waals surface area contributed by atoms with Gasteiger partial charge in [-0.2, -0.15) is 0 Å². The Labute approximate surface area is 101 Å². The predicted molar refractivity (Wildman–Crippen MR) is 61.2 cm³/mol. The van der Waals surface area contributed by atoms with Crippen molar-refractivity contribution in [3.8, 4) is 0 Å². The Bertz CT molecular complexity index is 295. The first-order chi connectivity index (χ1) is 8.00. The van der Waals surface area contributed by atoms with Gasteiger partial charge in [-0.05, 0) is 13.3 Å². The van der Waals surface area contributed by atoms with Gasteiger partial charge in [-0.1, -0.05) is 0 Å². The van der Waals surface area contributed by atoms with Crippen LogP contribution in [0.2, 0.25) is 0 Å². The fourth-order valence-corrected chi connectivity index (χ4v) is 1.66. The second kappa shape index (κ2) is 5.97. The lowest BCUT2D eigenvalue weighted by Crippen LogP contribution is -2.50. The normalized spacial score (nSPS) is 27.8. The number of esters is 1. The Kier molecular flexibility index (Phi) is 4.89. The van der Waals surface area contributed by atoms with Crippen LogP contribution >= 0.6 is 0 Å². The number of carbonyl (C=O) groups is 2. The van der Waals surface area contributed by atoms with Crippen molar-refractivity contribution in [3.05, 3.63) is 0 Å². The molecule has 2 atom stereocenters. The van der Waals surface area contributed by atoms with E-state index < -0.39 is 5.41 Å². The Balaban J connectivity index is 2.28. The van der Waals surface area contributed by atoms with E-state index in [-0.39, 0.29) is 17.9 Å². The zero-order valence-corrected chi connectivity index (χ0v) is 10.3. The number of rotatable bonds is 5. The van der Waals surface area contributed by atoms with E-state index in [1.165, 1.54) is 7.11 Å². The highest BCUT2D eigenvalue weighted by molar-refractivity contribution is 5.83. The van der Waals surface area contributed by atoms with Crippen LogP contribution in [-0.2, 0) is 19.1 Å². The molecule has 6 heteroatoms. The van der Waals surface area contributed by atoms with Gasteiger partial charge in [-0.25, -0.2) is 0 Å². The molecule has 0 aromatic carbocycles. The molecule has 98 valence electrons.